The third kappa shape index (κ3) is 5.95. The van der Waals surface area contributed by atoms with E-state index in [0.717, 1.165) is 52.1 Å². The summed E-state index contributed by atoms with van der Waals surface area (Å²) in [5, 5.41) is 6.40. The molecule has 27 heavy (non-hydrogen) atoms. The van der Waals surface area contributed by atoms with Gasteiger partial charge >= 0.3 is 0 Å². The average Bonchev–Trinajstić information content (AvgIpc) is 2.63. The van der Waals surface area contributed by atoms with Crippen LogP contribution in [0.2, 0.25) is 0 Å². The number of carbonyl (C=O) groups is 1. The molecule has 3 rings (SSSR count). The van der Waals surface area contributed by atoms with E-state index in [1.54, 1.807) is 12.1 Å². The quantitative estimate of drug-likeness (QED) is 0.785. The number of piperazine rings is 1. The molecule has 2 saturated heterocycles. The van der Waals surface area contributed by atoms with Crippen LogP contribution in [0.25, 0.3) is 0 Å². The van der Waals surface area contributed by atoms with Crippen molar-refractivity contribution in [1.29, 1.82) is 0 Å². The number of nitrogens with one attached hydrogen (secondary N) is 2. The van der Waals surface area contributed by atoms with Crippen LogP contribution in [0.3, 0.4) is 0 Å². The predicted octanol–water partition coefficient (Wildman–Crippen LogP) is 2.68. The van der Waals surface area contributed by atoms with Crippen molar-refractivity contribution >= 4 is 36.4 Å². The number of benzene rings is 1. The smallest absolute Gasteiger partial charge is 0.251 e. The van der Waals surface area contributed by atoms with Gasteiger partial charge in [-0.2, -0.15) is 0 Å². The summed E-state index contributed by atoms with van der Waals surface area (Å²) >= 11 is 0. The zero-order valence-electron chi connectivity index (χ0n) is 16.0. The van der Waals surface area contributed by atoms with Crippen molar-refractivity contribution in [2.24, 2.45) is 0 Å². The molecule has 2 aliphatic rings. The maximum atomic E-state index is 14.6. The molecule has 0 bridgehead atoms. The maximum Gasteiger partial charge on any atom is 0.251 e. The highest BCUT2D eigenvalue weighted by atomic mass is 35.5. The number of amides is 1. The molecule has 8 heteroatoms. The van der Waals surface area contributed by atoms with Crippen LogP contribution in [0.1, 0.15) is 37.0 Å². The predicted molar refractivity (Wildman–Crippen MR) is 113 cm³/mol. The van der Waals surface area contributed by atoms with Crippen LogP contribution < -0.4 is 15.5 Å². The third-order valence-corrected chi connectivity index (χ3v) is 5.45. The number of nitrogens with zero attached hydrogens (tertiary/aromatic N) is 2. The lowest BCUT2D eigenvalue weighted by molar-refractivity contribution is 0.0919. The molecule has 2 N–H and O–H groups in total. The second-order valence-corrected chi connectivity index (χ2v) is 7.05. The van der Waals surface area contributed by atoms with Crippen molar-refractivity contribution in [2.45, 2.75) is 38.8 Å². The molecule has 1 aromatic rings. The summed E-state index contributed by atoms with van der Waals surface area (Å²) in [6, 6.07) is 5.20. The number of piperidine rings is 1. The van der Waals surface area contributed by atoms with Crippen molar-refractivity contribution < 1.29 is 9.18 Å². The van der Waals surface area contributed by atoms with Gasteiger partial charge in [0, 0.05) is 43.8 Å². The lowest BCUT2D eigenvalue weighted by Gasteiger charge is -2.35. The molecule has 0 radical (unpaired) electrons. The second-order valence-electron chi connectivity index (χ2n) is 7.05. The summed E-state index contributed by atoms with van der Waals surface area (Å²) in [6.45, 7) is 9.78. The van der Waals surface area contributed by atoms with E-state index in [-0.39, 0.29) is 48.6 Å². The molecule has 2 fully saturated rings. The van der Waals surface area contributed by atoms with E-state index in [1.807, 2.05) is 0 Å². The summed E-state index contributed by atoms with van der Waals surface area (Å²) in [7, 11) is 0. The monoisotopic (exact) mass is 420 g/mol. The number of rotatable bonds is 4. The number of hydrogen-bond acceptors (Lipinski definition) is 4. The van der Waals surface area contributed by atoms with E-state index in [9.17, 15) is 9.18 Å². The highest BCUT2D eigenvalue weighted by Gasteiger charge is 2.24. The van der Waals surface area contributed by atoms with Gasteiger partial charge in [0.15, 0.2) is 0 Å². The summed E-state index contributed by atoms with van der Waals surface area (Å²) in [4.78, 5) is 16.9. The SMILES string of the molecule is CCN1CCN(c2ccc(C(=O)NC3CCCNC3C)cc2F)CC1.Cl.Cl. The van der Waals surface area contributed by atoms with Crippen LogP contribution in [0, 0.1) is 5.82 Å². The Morgan fingerprint density at radius 3 is 2.56 bits per heavy atom. The highest BCUT2D eigenvalue weighted by molar-refractivity contribution is 5.94. The van der Waals surface area contributed by atoms with Gasteiger partial charge < -0.3 is 20.4 Å². The standard InChI is InChI=1S/C19H29FN4O.2ClH/c1-3-23-9-11-24(12-10-23)18-7-6-15(13-16(18)20)19(25)22-17-5-4-8-21-14(17)2;;/h6-7,13-14,17,21H,3-5,8-12H2,1-2H3,(H,22,25);2*1H. The summed E-state index contributed by atoms with van der Waals surface area (Å²) in [5.41, 5.74) is 0.992. The van der Waals surface area contributed by atoms with E-state index in [4.69, 9.17) is 0 Å². The summed E-state index contributed by atoms with van der Waals surface area (Å²) in [6.07, 6.45) is 2.01. The average molecular weight is 421 g/mol. The Labute approximate surface area is 173 Å². The number of halogens is 3. The molecule has 0 saturated carbocycles. The summed E-state index contributed by atoms with van der Waals surface area (Å²) < 4.78 is 14.6. The number of hydrogen-bond donors (Lipinski definition) is 2. The normalized spacial score (nSPS) is 23.1. The van der Waals surface area contributed by atoms with E-state index in [1.165, 1.54) is 6.07 Å². The Kier molecular flexibility index (Phi) is 9.81. The number of anilines is 1. The molecule has 5 nitrogen and oxygen atoms in total. The fourth-order valence-corrected chi connectivity index (χ4v) is 3.70. The minimum atomic E-state index is -0.313. The first-order chi connectivity index (χ1) is 12.1. The van der Waals surface area contributed by atoms with Crippen LogP contribution in [0.5, 0.6) is 0 Å². The van der Waals surface area contributed by atoms with Crippen LogP contribution in [0.4, 0.5) is 10.1 Å². The zero-order valence-corrected chi connectivity index (χ0v) is 17.7. The van der Waals surface area contributed by atoms with Crippen molar-refractivity contribution in [3.8, 4) is 0 Å². The van der Waals surface area contributed by atoms with Crippen molar-refractivity contribution in [3.05, 3.63) is 29.6 Å². The van der Waals surface area contributed by atoms with E-state index in [0.29, 0.717) is 11.3 Å². The van der Waals surface area contributed by atoms with Crippen LogP contribution >= 0.6 is 24.8 Å². The molecule has 154 valence electrons. The molecule has 0 aromatic heterocycles. The van der Waals surface area contributed by atoms with Crippen molar-refractivity contribution in [1.82, 2.24) is 15.5 Å². The molecule has 1 aromatic carbocycles. The minimum absolute atomic E-state index is 0. The molecule has 1 amide bonds. The van der Waals surface area contributed by atoms with Crippen LogP contribution in [-0.4, -0.2) is 62.2 Å². The Morgan fingerprint density at radius 1 is 1.26 bits per heavy atom. The van der Waals surface area contributed by atoms with Gasteiger partial charge in [0.1, 0.15) is 5.82 Å². The summed E-state index contributed by atoms with van der Waals surface area (Å²) in [5.74, 6) is -0.505. The highest BCUT2D eigenvalue weighted by Crippen LogP contribution is 2.22. The van der Waals surface area contributed by atoms with E-state index >= 15 is 0 Å². The van der Waals surface area contributed by atoms with Crippen LogP contribution in [-0.2, 0) is 0 Å². The molecule has 2 heterocycles. The minimum Gasteiger partial charge on any atom is -0.367 e. The lowest BCUT2D eigenvalue weighted by Crippen LogP contribution is -2.51. The van der Waals surface area contributed by atoms with Gasteiger partial charge in [-0.05, 0) is 51.1 Å². The van der Waals surface area contributed by atoms with Crippen molar-refractivity contribution in [2.75, 3.05) is 44.2 Å². The van der Waals surface area contributed by atoms with Gasteiger partial charge in [-0.3, -0.25) is 4.79 Å². The zero-order chi connectivity index (χ0) is 17.8. The molecular formula is C19H31Cl2FN4O. The van der Waals surface area contributed by atoms with E-state index < -0.39 is 0 Å². The number of carbonyl (C=O) groups excluding carboxylic acids is 1. The lowest BCUT2D eigenvalue weighted by atomic mass is 9.99. The molecule has 2 aliphatic heterocycles. The first kappa shape index (κ1) is 24.0. The van der Waals surface area contributed by atoms with E-state index in [2.05, 4.69) is 34.3 Å². The fourth-order valence-electron chi connectivity index (χ4n) is 3.70. The Morgan fingerprint density at radius 2 is 1.96 bits per heavy atom. The molecular weight excluding hydrogens is 390 g/mol. The Bertz CT molecular complexity index is 611. The molecule has 2 unspecified atom stereocenters. The van der Waals surface area contributed by atoms with Crippen LogP contribution in [0.15, 0.2) is 18.2 Å². The van der Waals surface area contributed by atoms with Gasteiger partial charge in [0.05, 0.1) is 5.69 Å². The third-order valence-electron chi connectivity index (χ3n) is 5.45. The number of likely N-dealkylation sites (N-methyl/N-ethyl adjacent to an activating group) is 1. The maximum absolute atomic E-state index is 14.6. The first-order valence-corrected chi connectivity index (χ1v) is 9.39. The Balaban J connectivity index is 0.00000182. The second kappa shape index (κ2) is 11.1. The molecule has 0 aliphatic carbocycles. The fraction of sp³-hybridized carbons (Fsp3) is 0.632. The molecule has 0 spiro atoms. The van der Waals surface area contributed by atoms with Gasteiger partial charge in [-0.1, -0.05) is 6.92 Å². The molecule has 2 atom stereocenters. The van der Waals surface area contributed by atoms with Crippen molar-refractivity contribution in [3.63, 3.8) is 0 Å². The van der Waals surface area contributed by atoms with Gasteiger partial charge in [0.2, 0.25) is 0 Å². The van der Waals surface area contributed by atoms with Gasteiger partial charge in [-0.25, -0.2) is 4.39 Å². The van der Waals surface area contributed by atoms with Gasteiger partial charge in [-0.15, -0.1) is 24.8 Å². The largest absolute Gasteiger partial charge is 0.367 e. The topological polar surface area (TPSA) is 47.6 Å². The first-order valence-electron chi connectivity index (χ1n) is 9.39. The Hall–Kier alpha value is -1.08. The van der Waals surface area contributed by atoms with Gasteiger partial charge in [0.25, 0.3) is 5.91 Å².